The highest BCUT2D eigenvalue weighted by atomic mass is 16.2. The van der Waals surface area contributed by atoms with E-state index in [9.17, 15) is 4.79 Å². The van der Waals surface area contributed by atoms with E-state index in [1.165, 1.54) is 0 Å². The summed E-state index contributed by atoms with van der Waals surface area (Å²) in [5.41, 5.74) is 3.31. The molecule has 0 bridgehead atoms. The maximum atomic E-state index is 12.4. The number of nitrogens with zero attached hydrogens (tertiary/aromatic N) is 3. The van der Waals surface area contributed by atoms with Crippen LogP contribution in [0.4, 0.5) is 0 Å². The molecule has 0 saturated heterocycles. The molecule has 20 heavy (non-hydrogen) atoms. The monoisotopic (exact) mass is 271 g/mol. The summed E-state index contributed by atoms with van der Waals surface area (Å²) in [6.07, 6.45) is 3.48. The van der Waals surface area contributed by atoms with Crippen LogP contribution in [0.5, 0.6) is 0 Å². The first-order valence-electron chi connectivity index (χ1n) is 7.17. The Labute approximate surface area is 119 Å². The van der Waals surface area contributed by atoms with Crippen LogP contribution in [-0.2, 0) is 17.8 Å². The summed E-state index contributed by atoms with van der Waals surface area (Å²) in [4.78, 5) is 19.0. The van der Waals surface area contributed by atoms with Gasteiger partial charge in [0, 0.05) is 25.6 Å². The number of carbonyl (C=O) groups is 1. The Morgan fingerprint density at radius 1 is 1.35 bits per heavy atom. The number of carbonyl (C=O) groups excluding carboxylic acids is 1. The second-order valence-corrected chi connectivity index (χ2v) is 6.74. The topological polar surface area (TPSA) is 37.6 Å². The first-order chi connectivity index (χ1) is 9.44. The molecule has 1 aliphatic rings. The van der Waals surface area contributed by atoms with Gasteiger partial charge in [0.15, 0.2) is 0 Å². The Kier molecular flexibility index (Phi) is 3.04. The third kappa shape index (κ3) is 2.42. The van der Waals surface area contributed by atoms with Crippen LogP contribution in [0.15, 0.2) is 24.4 Å². The summed E-state index contributed by atoms with van der Waals surface area (Å²) in [6.45, 7) is 7.78. The molecule has 3 heterocycles. The van der Waals surface area contributed by atoms with Gasteiger partial charge in [-0.3, -0.25) is 4.79 Å². The van der Waals surface area contributed by atoms with Gasteiger partial charge in [-0.25, -0.2) is 4.98 Å². The first kappa shape index (κ1) is 13.2. The van der Waals surface area contributed by atoms with Gasteiger partial charge in [-0.15, -0.1) is 0 Å². The zero-order valence-electron chi connectivity index (χ0n) is 12.4. The van der Waals surface area contributed by atoms with Crippen LogP contribution in [-0.4, -0.2) is 26.7 Å². The fourth-order valence-corrected chi connectivity index (χ4v) is 2.74. The molecule has 4 nitrogen and oxygen atoms in total. The average Bonchev–Trinajstić information content (AvgIpc) is 2.74. The molecule has 1 amide bonds. The van der Waals surface area contributed by atoms with E-state index in [-0.39, 0.29) is 11.3 Å². The molecule has 0 N–H and O–H groups in total. The van der Waals surface area contributed by atoms with Gasteiger partial charge in [0.05, 0.1) is 17.9 Å². The van der Waals surface area contributed by atoms with E-state index in [0.29, 0.717) is 13.0 Å². The number of amides is 1. The molecule has 0 aliphatic carbocycles. The predicted molar refractivity (Wildman–Crippen MR) is 78.4 cm³/mol. The summed E-state index contributed by atoms with van der Waals surface area (Å²) in [7, 11) is 0. The number of fused-ring (bicyclic) bond motifs is 3. The molecular formula is C16H21N3O. The highest BCUT2D eigenvalue weighted by Crippen LogP contribution is 2.24. The van der Waals surface area contributed by atoms with Gasteiger partial charge < -0.3 is 9.30 Å². The normalized spacial score (nSPS) is 15.4. The molecule has 106 valence electrons. The molecule has 2 aromatic heterocycles. The van der Waals surface area contributed by atoms with Gasteiger partial charge >= 0.3 is 0 Å². The molecule has 1 aliphatic heterocycles. The van der Waals surface area contributed by atoms with Gasteiger partial charge in [0.2, 0.25) is 5.91 Å². The molecule has 0 spiro atoms. The van der Waals surface area contributed by atoms with Crippen molar-refractivity contribution in [2.75, 3.05) is 6.54 Å². The van der Waals surface area contributed by atoms with Crippen LogP contribution < -0.4 is 0 Å². The molecule has 3 rings (SSSR count). The summed E-state index contributed by atoms with van der Waals surface area (Å²) >= 11 is 0. The molecule has 0 fully saturated rings. The van der Waals surface area contributed by atoms with Crippen molar-refractivity contribution in [2.45, 2.75) is 40.2 Å². The van der Waals surface area contributed by atoms with Crippen molar-refractivity contribution in [3.05, 3.63) is 35.8 Å². The lowest BCUT2D eigenvalue weighted by molar-refractivity contribution is -0.134. The molecule has 0 saturated carbocycles. The van der Waals surface area contributed by atoms with Crippen molar-refractivity contribution >= 4 is 11.6 Å². The second-order valence-electron chi connectivity index (χ2n) is 6.74. The quantitative estimate of drug-likeness (QED) is 0.799. The standard InChI is InChI=1S/C16H21N3O/c1-16(2,3)10-15(20)18-9-7-12-13(11-18)19-8-5-4-6-14(19)17-12/h4-6,8H,7,9-11H2,1-3H3. The van der Waals surface area contributed by atoms with Crippen LogP contribution >= 0.6 is 0 Å². The van der Waals surface area contributed by atoms with Crippen LogP contribution in [0.2, 0.25) is 0 Å². The van der Waals surface area contributed by atoms with Gasteiger partial charge in [-0.05, 0) is 17.5 Å². The molecule has 0 aromatic carbocycles. The van der Waals surface area contributed by atoms with Crippen LogP contribution in [0.1, 0.15) is 38.6 Å². The minimum atomic E-state index is 0.0385. The molecule has 0 unspecified atom stereocenters. The number of imidazole rings is 1. The summed E-state index contributed by atoms with van der Waals surface area (Å²) < 4.78 is 2.10. The Balaban J connectivity index is 1.86. The SMILES string of the molecule is CC(C)(C)CC(=O)N1CCc2nc3ccccn3c2C1. The highest BCUT2D eigenvalue weighted by molar-refractivity contribution is 5.77. The van der Waals surface area contributed by atoms with Gasteiger partial charge in [0.25, 0.3) is 0 Å². The lowest BCUT2D eigenvalue weighted by Gasteiger charge is -2.29. The van der Waals surface area contributed by atoms with E-state index in [1.807, 2.05) is 29.3 Å². The Bertz CT molecular complexity index is 651. The third-order valence-electron chi connectivity index (χ3n) is 3.71. The summed E-state index contributed by atoms with van der Waals surface area (Å²) in [6, 6.07) is 6.01. The molecule has 0 radical (unpaired) electrons. The molecular weight excluding hydrogens is 250 g/mol. The van der Waals surface area contributed by atoms with Gasteiger partial charge in [-0.2, -0.15) is 0 Å². The Morgan fingerprint density at radius 2 is 2.15 bits per heavy atom. The number of hydrogen-bond donors (Lipinski definition) is 0. The minimum Gasteiger partial charge on any atom is -0.336 e. The smallest absolute Gasteiger partial charge is 0.223 e. The maximum absolute atomic E-state index is 12.4. The zero-order valence-corrected chi connectivity index (χ0v) is 12.4. The van der Waals surface area contributed by atoms with Gasteiger partial charge in [-0.1, -0.05) is 26.8 Å². The van der Waals surface area contributed by atoms with E-state index in [2.05, 4.69) is 30.2 Å². The van der Waals surface area contributed by atoms with Crippen LogP contribution in [0.25, 0.3) is 5.65 Å². The van der Waals surface area contributed by atoms with Crippen LogP contribution in [0, 0.1) is 5.41 Å². The van der Waals surface area contributed by atoms with E-state index in [0.717, 1.165) is 30.0 Å². The molecule has 4 heteroatoms. The lowest BCUT2D eigenvalue weighted by Crippen LogP contribution is -2.38. The maximum Gasteiger partial charge on any atom is 0.223 e. The van der Waals surface area contributed by atoms with E-state index >= 15 is 0 Å². The fraction of sp³-hybridized carbons (Fsp3) is 0.500. The first-order valence-corrected chi connectivity index (χ1v) is 7.17. The van der Waals surface area contributed by atoms with Crippen molar-refractivity contribution in [3.63, 3.8) is 0 Å². The molecule has 0 atom stereocenters. The minimum absolute atomic E-state index is 0.0385. The third-order valence-corrected chi connectivity index (χ3v) is 3.71. The summed E-state index contributed by atoms with van der Waals surface area (Å²) in [5, 5.41) is 0. The summed E-state index contributed by atoms with van der Waals surface area (Å²) in [5.74, 6) is 0.244. The number of pyridine rings is 1. The van der Waals surface area contributed by atoms with Crippen molar-refractivity contribution < 1.29 is 4.79 Å². The average molecular weight is 271 g/mol. The largest absolute Gasteiger partial charge is 0.336 e. The van der Waals surface area contributed by atoms with E-state index in [1.54, 1.807) is 0 Å². The van der Waals surface area contributed by atoms with Crippen LogP contribution in [0.3, 0.4) is 0 Å². The lowest BCUT2D eigenvalue weighted by atomic mass is 9.91. The van der Waals surface area contributed by atoms with Gasteiger partial charge in [0.1, 0.15) is 5.65 Å². The van der Waals surface area contributed by atoms with Crippen molar-refractivity contribution in [1.82, 2.24) is 14.3 Å². The van der Waals surface area contributed by atoms with Crippen molar-refractivity contribution in [2.24, 2.45) is 5.41 Å². The zero-order chi connectivity index (χ0) is 14.3. The predicted octanol–water partition coefficient (Wildman–Crippen LogP) is 2.66. The van der Waals surface area contributed by atoms with E-state index < -0.39 is 0 Å². The Morgan fingerprint density at radius 3 is 2.90 bits per heavy atom. The van der Waals surface area contributed by atoms with Crippen molar-refractivity contribution in [3.8, 4) is 0 Å². The highest BCUT2D eigenvalue weighted by Gasteiger charge is 2.27. The number of hydrogen-bond acceptors (Lipinski definition) is 2. The fourth-order valence-electron chi connectivity index (χ4n) is 2.74. The Hall–Kier alpha value is -1.84. The molecule has 2 aromatic rings. The number of aromatic nitrogens is 2. The second kappa shape index (κ2) is 4.62. The van der Waals surface area contributed by atoms with Crippen molar-refractivity contribution in [1.29, 1.82) is 0 Å². The number of rotatable bonds is 1. The van der Waals surface area contributed by atoms with E-state index in [4.69, 9.17) is 0 Å².